The van der Waals surface area contributed by atoms with Crippen LogP contribution in [0.5, 0.6) is 5.88 Å². The van der Waals surface area contributed by atoms with E-state index in [9.17, 15) is 18.8 Å². The van der Waals surface area contributed by atoms with Gasteiger partial charge in [-0.05, 0) is 72.9 Å². The number of nitriles is 1. The van der Waals surface area contributed by atoms with Crippen LogP contribution in [0.2, 0.25) is 0 Å². The molecule has 1 saturated carbocycles. The Balaban J connectivity index is 1.25. The first-order valence-electron chi connectivity index (χ1n) is 16.7. The van der Waals surface area contributed by atoms with Gasteiger partial charge in [0.05, 0.1) is 16.7 Å². The fourth-order valence-corrected chi connectivity index (χ4v) is 8.95. The van der Waals surface area contributed by atoms with E-state index in [0.717, 1.165) is 37.8 Å². The molecule has 11 heteroatoms. The first kappa shape index (κ1) is 30.7. The highest BCUT2D eigenvalue weighted by Crippen LogP contribution is 2.59. The highest BCUT2D eigenvalue weighted by molar-refractivity contribution is 5.99. The zero-order valence-electron chi connectivity index (χ0n) is 26.5. The number of aromatic nitrogens is 1. The number of halogens is 3. The molecule has 0 bridgehead atoms. The lowest BCUT2D eigenvalue weighted by Gasteiger charge is -2.40. The summed E-state index contributed by atoms with van der Waals surface area (Å²) in [7, 11) is 0. The molecule has 8 nitrogen and oxygen atoms in total. The predicted molar refractivity (Wildman–Crippen MR) is 174 cm³/mol. The topological polar surface area (TPSA) is 77.1 Å². The van der Waals surface area contributed by atoms with E-state index in [4.69, 9.17) is 16.3 Å². The highest BCUT2D eigenvalue weighted by atomic mass is 19.1. The minimum absolute atomic E-state index is 0.0715. The summed E-state index contributed by atoms with van der Waals surface area (Å²) in [6.07, 6.45) is 3.22. The molecule has 3 aliphatic heterocycles. The van der Waals surface area contributed by atoms with E-state index < -0.39 is 35.3 Å². The Kier molecular flexibility index (Phi) is 7.37. The second kappa shape index (κ2) is 11.5. The summed E-state index contributed by atoms with van der Waals surface area (Å²) in [4.78, 5) is 26.2. The zero-order valence-corrected chi connectivity index (χ0v) is 26.5. The molecule has 48 heavy (non-hydrogen) atoms. The van der Waals surface area contributed by atoms with Crippen LogP contribution in [-0.2, 0) is 11.2 Å². The Morgan fingerprint density at radius 1 is 1.23 bits per heavy atom. The molecule has 8 rings (SSSR count). The number of carbonyl (C=O) groups is 1. The number of hydrogen-bond donors (Lipinski definition) is 0. The number of hydrogen-bond acceptors (Lipinski definition) is 6. The van der Waals surface area contributed by atoms with Crippen molar-refractivity contribution in [2.24, 2.45) is 5.92 Å². The summed E-state index contributed by atoms with van der Waals surface area (Å²) in [6.45, 7) is 12.2. The van der Waals surface area contributed by atoms with Crippen LogP contribution in [0.3, 0.4) is 0 Å². The molecule has 4 heterocycles. The molecule has 246 valence electrons. The van der Waals surface area contributed by atoms with Gasteiger partial charge in [0.1, 0.15) is 36.3 Å². The molecule has 2 aliphatic carbocycles. The maximum Gasteiger partial charge on any atom is 0.282 e. The van der Waals surface area contributed by atoms with Gasteiger partial charge in [-0.2, -0.15) is 5.26 Å². The van der Waals surface area contributed by atoms with Gasteiger partial charge < -0.3 is 19.4 Å². The molecule has 0 radical (unpaired) electrons. The molecule has 3 saturated heterocycles. The van der Waals surface area contributed by atoms with Crippen molar-refractivity contribution < 1.29 is 22.7 Å². The summed E-state index contributed by atoms with van der Waals surface area (Å²) in [5.74, 6) is -1.29. The van der Waals surface area contributed by atoms with E-state index in [-0.39, 0.29) is 44.2 Å². The van der Waals surface area contributed by atoms with Crippen LogP contribution in [-0.4, -0.2) is 84.3 Å². The van der Waals surface area contributed by atoms with E-state index in [1.807, 2.05) is 17.0 Å². The average Bonchev–Trinajstić information content (AvgIpc) is 3.39. The number of anilines is 1. The molecule has 2 aromatic carbocycles. The third-order valence-corrected chi connectivity index (χ3v) is 11.2. The highest BCUT2D eigenvalue weighted by Gasteiger charge is 2.50. The lowest BCUT2D eigenvalue weighted by atomic mass is 9.92. The van der Waals surface area contributed by atoms with Gasteiger partial charge in [-0.25, -0.2) is 24.7 Å². The maximum atomic E-state index is 16.3. The molecule has 3 unspecified atom stereocenters. The van der Waals surface area contributed by atoms with Crippen molar-refractivity contribution >= 4 is 22.5 Å². The monoisotopic (exact) mass is 652 g/mol. The predicted octanol–water partition coefficient (Wildman–Crippen LogP) is 5.95. The standard InChI is InChI=1S/C37H35F3N6O2/c1-21(38)36(47)46-10-9-44(19-25(46)17-42-2)34-29-13-31(40)28(26-6-3-5-22-11-23-12-27(23)33(22)26)14-32(29)43-35(30(34)16-41)48-20-37-7-4-8-45(37)18-24(39)15-37/h3,5-6,13-14,23-25,27H,1,4,7-12,15,17-20H2/t23?,24-,25+,27?,37?/m1/s1. The third kappa shape index (κ3) is 4.90. The van der Waals surface area contributed by atoms with Crippen LogP contribution in [0.1, 0.15) is 48.3 Å². The van der Waals surface area contributed by atoms with Crippen LogP contribution in [0, 0.1) is 29.6 Å². The van der Waals surface area contributed by atoms with Crippen molar-refractivity contribution in [1.29, 1.82) is 5.26 Å². The quantitative estimate of drug-likeness (QED) is 0.232. The van der Waals surface area contributed by atoms with Crippen LogP contribution >= 0.6 is 0 Å². The summed E-state index contributed by atoms with van der Waals surface area (Å²) in [6, 6.07) is 10.7. The lowest BCUT2D eigenvalue weighted by Crippen LogP contribution is -2.56. The van der Waals surface area contributed by atoms with Gasteiger partial charge in [0, 0.05) is 43.5 Å². The molecule has 5 aliphatic rings. The van der Waals surface area contributed by atoms with Crippen LogP contribution in [0.15, 0.2) is 42.7 Å². The van der Waals surface area contributed by atoms with Crippen molar-refractivity contribution in [3.8, 4) is 23.1 Å². The molecule has 1 aromatic heterocycles. The second-order valence-corrected chi connectivity index (χ2v) is 14.0. The molecule has 3 aromatic rings. The minimum atomic E-state index is -1.11. The Morgan fingerprint density at radius 2 is 2.08 bits per heavy atom. The fraction of sp³-hybridized carbons (Fsp3) is 0.459. The SMILES string of the molecule is [C-]#[N+]C[C@H]1CN(c2c(C#N)c(OCC34CCCN3C[C@H](F)C4)nc3cc(-c4cccc5c4C4CC4C5)c(F)cc23)CCN1C(=O)C(=C)F. The van der Waals surface area contributed by atoms with E-state index >= 15 is 4.39 Å². The molecule has 0 spiro atoms. The molecule has 0 N–H and O–H groups in total. The fourth-order valence-electron chi connectivity index (χ4n) is 8.95. The van der Waals surface area contributed by atoms with Gasteiger partial charge in [0.25, 0.3) is 5.91 Å². The molecular weight excluding hydrogens is 617 g/mol. The van der Waals surface area contributed by atoms with Crippen LogP contribution < -0.4 is 9.64 Å². The summed E-state index contributed by atoms with van der Waals surface area (Å²) < 4.78 is 51.3. The Bertz CT molecular complexity index is 1950. The van der Waals surface area contributed by atoms with E-state index in [0.29, 0.717) is 47.0 Å². The van der Waals surface area contributed by atoms with Crippen molar-refractivity contribution in [3.63, 3.8) is 0 Å². The summed E-state index contributed by atoms with van der Waals surface area (Å²) in [5.41, 5.74) is 4.18. The second-order valence-electron chi connectivity index (χ2n) is 14.0. The minimum Gasteiger partial charge on any atom is -0.475 e. The molecular formula is C37H35F3N6O2. The number of amides is 1. The van der Waals surface area contributed by atoms with Crippen molar-refractivity contribution in [1.82, 2.24) is 14.8 Å². The zero-order chi connectivity index (χ0) is 33.3. The lowest BCUT2D eigenvalue weighted by molar-refractivity contribution is -0.131. The van der Waals surface area contributed by atoms with Gasteiger partial charge in [-0.1, -0.05) is 24.8 Å². The number of piperazine rings is 1. The number of nitrogens with zero attached hydrogens (tertiary/aromatic N) is 6. The maximum absolute atomic E-state index is 16.3. The number of pyridine rings is 1. The Hall–Kier alpha value is -4.61. The molecule has 4 fully saturated rings. The van der Waals surface area contributed by atoms with E-state index in [2.05, 4.69) is 28.5 Å². The first-order chi connectivity index (χ1) is 23.2. The number of alkyl halides is 1. The molecule has 1 amide bonds. The average molecular weight is 653 g/mol. The smallest absolute Gasteiger partial charge is 0.282 e. The van der Waals surface area contributed by atoms with E-state index in [1.54, 1.807) is 6.07 Å². The van der Waals surface area contributed by atoms with Gasteiger partial charge in [-0.15, -0.1) is 0 Å². The van der Waals surface area contributed by atoms with E-state index in [1.165, 1.54) is 22.1 Å². The van der Waals surface area contributed by atoms with Crippen molar-refractivity contribution in [3.05, 3.63) is 76.7 Å². The number of carbonyl (C=O) groups excluding carboxylic acids is 1. The van der Waals surface area contributed by atoms with Gasteiger partial charge in [0.2, 0.25) is 12.4 Å². The summed E-state index contributed by atoms with van der Waals surface area (Å²) >= 11 is 0. The largest absolute Gasteiger partial charge is 0.475 e. The number of ether oxygens (including phenoxy) is 1. The summed E-state index contributed by atoms with van der Waals surface area (Å²) in [5, 5.41) is 11.0. The van der Waals surface area contributed by atoms with Crippen LogP contribution in [0.25, 0.3) is 26.9 Å². The van der Waals surface area contributed by atoms with Gasteiger partial charge in [-0.3, -0.25) is 9.69 Å². The van der Waals surface area contributed by atoms with Crippen LogP contribution in [0.4, 0.5) is 18.9 Å². The Morgan fingerprint density at radius 3 is 2.88 bits per heavy atom. The number of rotatable bonds is 7. The van der Waals surface area contributed by atoms with Gasteiger partial charge in [0.15, 0.2) is 5.83 Å². The number of benzene rings is 2. The number of fused-ring (bicyclic) bond motifs is 5. The van der Waals surface area contributed by atoms with Crippen molar-refractivity contribution in [2.45, 2.75) is 55.8 Å². The normalized spacial score (nSPS) is 27.3. The third-order valence-electron chi connectivity index (χ3n) is 11.2. The van der Waals surface area contributed by atoms with Gasteiger partial charge >= 0.3 is 0 Å². The first-order valence-corrected chi connectivity index (χ1v) is 16.7. The molecule has 5 atom stereocenters. The Labute approximate surface area is 277 Å². The van der Waals surface area contributed by atoms with Crippen molar-refractivity contribution in [2.75, 3.05) is 50.8 Å².